The average Bonchev–Trinajstić information content (AvgIpc) is 2.80. The van der Waals surface area contributed by atoms with Gasteiger partial charge >= 0.3 is 0 Å². The number of aromatic nitrogens is 2. The van der Waals surface area contributed by atoms with Gasteiger partial charge in [0.15, 0.2) is 9.84 Å². The van der Waals surface area contributed by atoms with Crippen molar-refractivity contribution in [1.82, 2.24) is 9.97 Å². The molecule has 0 N–H and O–H groups in total. The zero-order valence-electron chi connectivity index (χ0n) is 13.9. The van der Waals surface area contributed by atoms with Gasteiger partial charge in [0.1, 0.15) is 5.82 Å². The fraction of sp³-hybridized carbons (Fsp3) is 0.733. The van der Waals surface area contributed by atoms with E-state index in [-0.39, 0.29) is 17.5 Å². The van der Waals surface area contributed by atoms with Gasteiger partial charge in [-0.25, -0.2) is 13.4 Å². The Kier molecular flexibility index (Phi) is 5.26. The maximum atomic E-state index is 11.8. The summed E-state index contributed by atoms with van der Waals surface area (Å²) in [5.41, 5.74) is 0.909. The van der Waals surface area contributed by atoms with Gasteiger partial charge < -0.3 is 9.80 Å². The number of nitrogens with zero attached hydrogens (tertiary/aromatic N) is 4. The Bertz CT molecular complexity index is 614. The monoisotopic (exact) mass is 326 g/mol. The van der Waals surface area contributed by atoms with E-state index in [1.165, 1.54) is 0 Å². The van der Waals surface area contributed by atoms with Crippen molar-refractivity contribution in [3.63, 3.8) is 0 Å². The molecule has 1 unspecified atom stereocenters. The zero-order chi connectivity index (χ0) is 16.3. The fourth-order valence-electron chi connectivity index (χ4n) is 2.96. The van der Waals surface area contributed by atoms with Crippen LogP contribution < -0.4 is 9.80 Å². The Morgan fingerprint density at radius 3 is 2.36 bits per heavy atom. The van der Waals surface area contributed by atoms with Crippen LogP contribution in [0.2, 0.25) is 0 Å². The second kappa shape index (κ2) is 6.81. The second-order valence-corrected chi connectivity index (χ2v) is 7.91. The van der Waals surface area contributed by atoms with Crippen molar-refractivity contribution >= 4 is 21.6 Å². The predicted molar refractivity (Wildman–Crippen MR) is 90.4 cm³/mol. The molecule has 0 aromatic carbocycles. The molecule has 0 radical (unpaired) electrons. The maximum Gasteiger partial charge on any atom is 0.227 e. The highest BCUT2D eigenvalue weighted by molar-refractivity contribution is 7.91. The van der Waals surface area contributed by atoms with E-state index >= 15 is 0 Å². The molecule has 1 aromatic heterocycles. The summed E-state index contributed by atoms with van der Waals surface area (Å²) < 4.78 is 23.5. The van der Waals surface area contributed by atoms with Crippen LogP contribution >= 0.6 is 0 Å². The summed E-state index contributed by atoms with van der Waals surface area (Å²) in [5, 5.41) is 0. The summed E-state index contributed by atoms with van der Waals surface area (Å²) >= 11 is 0. The van der Waals surface area contributed by atoms with E-state index in [0.717, 1.165) is 37.1 Å². The van der Waals surface area contributed by atoms with Crippen LogP contribution in [0.1, 0.15) is 32.9 Å². The van der Waals surface area contributed by atoms with Crippen LogP contribution in [-0.2, 0) is 9.84 Å². The lowest BCUT2D eigenvalue weighted by Crippen LogP contribution is -2.37. The topological polar surface area (TPSA) is 66.4 Å². The van der Waals surface area contributed by atoms with Crippen LogP contribution in [0.5, 0.6) is 0 Å². The van der Waals surface area contributed by atoms with Gasteiger partial charge in [-0.15, -0.1) is 0 Å². The van der Waals surface area contributed by atoms with Crippen LogP contribution in [-0.4, -0.2) is 55.6 Å². The number of sulfone groups is 1. The quantitative estimate of drug-likeness (QED) is 0.792. The molecule has 124 valence electrons. The molecule has 0 amide bonds. The van der Waals surface area contributed by atoms with Crippen molar-refractivity contribution in [1.29, 1.82) is 0 Å². The number of rotatable bonds is 6. The second-order valence-electron chi connectivity index (χ2n) is 5.68. The molecule has 1 aliphatic rings. The maximum absolute atomic E-state index is 11.8. The van der Waals surface area contributed by atoms with Crippen LogP contribution in [0, 0.1) is 6.92 Å². The first-order valence-electron chi connectivity index (χ1n) is 7.97. The summed E-state index contributed by atoms with van der Waals surface area (Å²) in [7, 11) is -2.90. The molecule has 1 saturated heterocycles. The van der Waals surface area contributed by atoms with Gasteiger partial charge in [-0.05, 0) is 34.1 Å². The van der Waals surface area contributed by atoms with Crippen molar-refractivity contribution in [3.05, 3.63) is 11.8 Å². The Labute approximate surface area is 133 Å². The molecule has 7 heteroatoms. The first kappa shape index (κ1) is 17.0. The molecule has 1 aromatic rings. The number of anilines is 2. The van der Waals surface area contributed by atoms with Gasteiger partial charge in [-0.1, -0.05) is 0 Å². The Morgan fingerprint density at radius 2 is 1.86 bits per heavy atom. The smallest absolute Gasteiger partial charge is 0.227 e. The van der Waals surface area contributed by atoms with E-state index in [1.807, 2.05) is 19.9 Å². The Morgan fingerprint density at radius 1 is 1.18 bits per heavy atom. The molecule has 1 fully saturated rings. The lowest BCUT2D eigenvalue weighted by Gasteiger charge is -2.29. The summed E-state index contributed by atoms with van der Waals surface area (Å²) in [4.78, 5) is 13.4. The summed E-state index contributed by atoms with van der Waals surface area (Å²) in [6.07, 6.45) is 0.680. The third-order valence-electron chi connectivity index (χ3n) is 4.16. The van der Waals surface area contributed by atoms with E-state index in [0.29, 0.717) is 6.42 Å². The van der Waals surface area contributed by atoms with Crippen molar-refractivity contribution in [2.45, 2.75) is 40.2 Å². The highest BCUT2D eigenvalue weighted by Gasteiger charge is 2.32. The molecule has 0 bridgehead atoms. The van der Waals surface area contributed by atoms with E-state index < -0.39 is 9.84 Å². The van der Waals surface area contributed by atoms with Crippen LogP contribution in [0.25, 0.3) is 0 Å². The van der Waals surface area contributed by atoms with Crippen LogP contribution in [0.4, 0.5) is 11.8 Å². The van der Waals surface area contributed by atoms with Crippen LogP contribution in [0.15, 0.2) is 6.07 Å². The predicted octanol–water partition coefficient (Wildman–Crippen LogP) is 1.64. The molecule has 0 saturated carbocycles. The molecular formula is C15H26N4O2S. The minimum atomic E-state index is -2.90. The van der Waals surface area contributed by atoms with Gasteiger partial charge in [0.25, 0.3) is 0 Å². The van der Waals surface area contributed by atoms with Crippen LogP contribution in [0.3, 0.4) is 0 Å². The highest BCUT2D eigenvalue weighted by atomic mass is 32.2. The molecule has 1 atom stereocenters. The minimum absolute atomic E-state index is 0.0221. The van der Waals surface area contributed by atoms with Crippen molar-refractivity contribution < 1.29 is 8.42 Å². The SMILES string of the molecule is CCN(CC)c1nc(C)cc(N(CC)C2CCS(=O)(=O)C2)n1. The van der Waals surface area contributed by atoms with Gasteiger partial charge in [-0.3, -0.25) is 0 Å². The third kappa shape index (κ3) is 3.69. The van der Waals surface area contributed by atoms with Gasteiger partial charge in [0.2, 0.25) is 5.95 Å². The number of hydrogen-bond acceptors (Lipinski definition) is 6. The summed E-state index contributed by atoms with van der Waals surface area (Å²) in [5.74, 6) is 2.06. The molecule has 6 nitrogen and oxygen atoms in total. The summed E-state index contributed by atoms with van der Waals surface area (Å²) in [6.45, 7) is 10.6. The fourth-order valence-corrected chi connectivity index (χ4v) is 4.69. The van der Waals surface area contributed by atoms with Crippen molar-refractivity contribution in [3.8, 4) is 0 Å². The Balaban J connectivity index is 2.33. The van der Waals surface area contributed by atoms with Crippen molar-refractivity contribution in [2.24, 2.45) is 0 Å². The molecule has 2 rings (SSSR count). The van der Waals surface area contributed by atoms with E-state index in [1.54, 1.807) is 0 Å². The third-order valence-corrected chi connectivity index (χ3v) is 5.91. The first-order chi connectivity index (χ1) is 10.4. The zero-order valence-corrected chi connectivity index (χ0v) is 14.7. The Hall–Kier alpha value is -1.37. The van der Waals surface area contributed by atoms with Gasteiger partial charge in [-0.2, -0.15) is 4.98 Å². The number of aryl methyl sites for hydroxylation is 1. The largest absolute Gasteiger partial charge is 0.353 e. The highest BCUT2D eigenvalue weighted by Crippen LogP contribution is 2.24. The molecule has 0 spiro atoms. The van der Waals surface area contributed by atoms with E-state index in [9.17, 15) is 8.42 Å². The van der Waals surface area contributed by atoms with E-state index in [4.69, 9.17) is 0 Å². The lowest BCUT2D eigenvalue weighted by atomic mass is 10.2. The average molecular weight is 326 g/mol. The van der Waals surface area contributed by atoms with Crippen molar-refractivity contribution in [2.75, 3.05) is 40.9 Å². The molecular weight excluding hydrogens is 300 g/mol. The molecule has 0 aliphatic carbocycles. The van der Waals surface area contributed by atoms with Gasteiger partial charge in [0.05, 0.1) is 11.5 Å². The molecule has 1 aliphatic heterocycles. The van der Waals surface area contributed by atoms with Gasteiger partial charge in [0, 0.05) is 37.4 Å². The normalized spacial score (nSPS) is 20.1. The standard InChI is InChI=1S/C15H26N4O2S/c1-5-18(6-2)15-16-12(4)10-14(17-15)19(7-3)13-8-9-22(20,21)11-13/h10,13H,5-9,11H2,1-4H3. The minimum Gasteiger partial charge on any atom is -0.353 e. The lowest BCUT2D eigenvalue weighted by molar-refractivity contribution is 0.599. The first-order valence-corrected chi connectivity index (χ1v) is 9.80. The number of hydrogen-bond donors (Lipinski definition) is 0. The van der Waals surface area contributed by atoms with E-state index in [2.05, 4.69) is 33.6 Å². The molecule has 22 heavy (non-hydrogen) atoms. The summed E-state index contributed by atoms with van der Waals surface area (Å²) in [6, 6.07) is 1.97. The molecule has 2 heterocycles.